The second-order valence-corrected chi connectivity index (χ2v) is 3.76. The highest BCUT2D eigenvalue weighted by atomic mass is 19.4. The average Bonchev–Trinajstić information content (AvgIpc) is 2.36. The van der Waals surface area contributed by atoms with E-state index < -0.39 is 30.2 Å². The van der Waals surface area contributed by atoms with Gasteiger partial charge in [0.05, 0.1) is 19.8 Å². The van der Waals surface area contributed by atoms with Crippen molar-refractivity contribution in [2.75, 3.05) is 14.2 Å². The van der Waals surface area contributed by atoms with Crippen molar-refractivity contribution in [2.24, 2.45) is 0 Å². The van der Waals surface area contributed by atoms with E-state index in [0.29, 0.717) is 0 Å². The molecule has 19 heavy (non-hydrogen) atoms. The van der Waals surface area contributed by atoms with Gasteiger partial charge in [0.2, 0.25) is 0 Å². The van der Waals surface area contributed by atoms with Gasteiger partial charge in [-0.3, -0.25) is 0 Å². The summed E-state index contributed by atoms with van der Waals surface area (Å²) in [5, 5.41) is 9.44. The molecule has 0 fully saturated rings. The number of hydrogen-bond acceptors (Lipinski definition) is 4. The van der Waals surface area contributed by atoms with Gasteiger partial charge in [-0.05, 0) is 23.8 Å². The molecule has 1 unspecified atom stereocenters. The average molecular weight is 278 g/mol. The fraction of sp³-hybridized carbons (Fsp3) is 0.417. The Balaban J connectivity index is 3.12. The Labute approximate surface area is 107 Å². The predicted octanol–water partition coefficient (Wildman–Crippen LogP) is 1.79. The molecule has 0 heterocycles. The van der Waals surface area contributed by atoms with E-state index in [1.54, 1.807) is 0 Å². The van der Waals surface area contributed by atoms with Gasteiger partial charge in [-0.1, -0.05) is 0 Å². The lowest BCUT2D eigenvalue weighted by atomic mass is 10.0. The Kier molecular flexibility index (Phi) is 4.77. The highest BCUT2D eigenvalue weighted by molar-refractivity contribution is 5.74. The van der Waals surface area contributed by atoms with E-state index >= 15 is 0 Å². The Morgan fingerprint density at radius 2 is 2.00 bits per heavy atom. The first-order valence-corrected chi connectivity index (χ1v) is 5.29. The minimum atomic E-state index is -4.57. The Hall–Kier alpha value is -1.76. The molecule has 0 amide bonds. The fourth-order valence-corrected chi connectivity index (χ4v) is 1.57. The molecule has 1 N–H and O–H groups in total. The molecular formula is C12H13F3O4. The lowest BCUT2D eigenvalue weighted by Crippen LogP contribution is -2.25. The molecule has 1 aromatic carbocycles. The minimum Gasteiger partial charge on any atom is -0.497 e. The second kappa shape index (κ2) is 5.92. The van der Waals surface area contributed by atoms with E-state index in [-0.39, 0.29) is 11.3 Å². The maximum atomic E-state index is 12.8. The zero-order valence-corrected chi connectivity index (χ0v) is 10.3. The molecule has 106 valence electrons. The maximum Gasteiger partial charge on any atom is 0.416 e. The summed E-state index contributed by atoms with van der Waals surface area (Å²) in [7, 11) is 2.35. The first-order valence-electron chi connectivity index (χ1n) is 5.29. The van der Waals surface area contributed by atoms with Crippen LogP contribution in [0.5, 0.6) is 5.75 Å². The standard InChI is InChI=1S/C12H13F3O4/c1-18-8-3-4-9(12(13,14)15)7(5-8)6-10(16)11(17)19-2/h3-5,10,16H,6H2,1-2H3. The van der Waals surface area contributed by atoms with Crippen molar-refractivity contribution >= 4 is 5.97 Å². The van der Waals surface area contributed by atoms with Gasteiger partial charge in [-0.15, -0.1) is 0 Å². The van der Waals surface area contributed by atoms with E-state index in [0.717, 1.165) is 25.3 Å². The van der Waals surface area contributed by atoms with Crippen LogP contribution >= 0.6 is 0 Å². The second-order valence-electron chi connectivity index (χ2n) is 3.76. The van der Waals surface area contributed by atoms with Crippen molar-refractivity contribution in [2.45, 2.75) is 18.7 Å². The van der Waals surface area contributed by atoms with E-state index in [4.69, 9.17) is 4.74 Å². The van der Waals surface area contributed by atoms with Crippen LogP contribution in [0.4, 0.5) is 13.2 Å². The van der Waals surface area contributed by atoms with Crippen molar-refractivity contribution in [1.29, 1.82) is 0 Å². The van der Waals surface area contributed by atoms with Gasteiger partial charge in [-0.25, -0.2) is 4.79 Å². The molecule has 4 nitrogen and oxygen atoms in total. The summed E-state index contributed by atoms with van der Waals surface area (Å²) in [6, 6.07) is 3.14. The highest BCUT2D eigenvalue weighted by Crippen LogP contribution is 2.34. The molecule has 0 radical (unpaired) electrons. The summed E-state index contributed by atoms with van der Waals surface area (Å²) in [5.41, 5.74) is -1.15. The lowest BCUT2D eigenvalue weighted by Gasteiger charge is -2.16. The van der Waals surface area contributed by atoms with Crippen LogP contribution in [0.15, 0.2) is 18.2 Å². The normalized spacial score (nSPS) is 12.9. The first-order chi connectivity index (χ1) is 8.79. The Bertz CT molecular complexity index is 457. The van der Waals surface area contributed by atoms with Gasteiger partial charge < -0.3 is 14.6 Å². The number of aliphatic hydroxyl groups is 1. The number of carbonyl (C=O) groups excluding carboxylic acids is 1. The van der Waals surface area contributed by atoms with Crippen molar-refractivity contribution in [3.05, 3.63) is 29.3 Å². The number of halogens is 3. The van der Waals surface area contributed by atoms with Gasteiger partial charge in [0.1, 0.15) is 5.75 Å². The van der Waals surface area contributed by atoms with Crippen LogP contribution in [0.3, 0.4) is 0 Å². The van der Waals surface area contributed by atoms with Gasteiger partial charge in [0.15, 0.2) is 6.10 Å². The molecule has 0 spiro atoms. The topological polar surface area (TPSA) is 55.8 Å². The van der Waals surface area contributed by atoms with Gasteiger partial charge >= 0.3 is 12.1 Å². The first kappa shape index (κ1) is 15.3. The molecule has 7 heteroatoms. The molecule has 1 rings (SSSR count). The number of alkyl halides is 3. The summed E-state index contributed by atoms with van der Waals surface area (Å²) in [5.74, 6) is -0.781. The molecule has 0 aliphatic rings. The number of methoxy groups -OCH3 is 2. The minimum absolute atomic E-state index is 0.208. The predicted molar refractivity (Wildman–Crippen MR) is 59.7 cm³/mol. The van der Waals surface area contributed by atoms with E-state index in [1.807, 2.05) is 0 Å². The summed E-state index contributed by atoms with van der Waals surface area (Å²) in [4.78, 5) is 11.0. The van der Waals surface area contributed by atoms with Crippen LogP contribution in [0.2, 0.25) is 0 Å². The van der Waals surface area contributed by atoms with Gasteiger partial charge in [-0.2, -0.15) is 13.2 Å². The Morgan fingerprint density at radius 3 is 2.47 bits per heavy atom. The fourth-order valence-electron chi connectivity index (χ4n) is 1.57. The smallest absolute Gasteiger partial charge is 0.416 e. The number of ether oxygens (including phenoxy) is 2. The van der Waals surface area contributed by atoms with Crippen LogP contribution < -0.4 is 4.74 Å². The molecule has 1 atom stereocenters. The number of esters is 1. The summed E-state index contributed by atoms with van der Waals surface area (Å²) in [6.07, 6.45) is -6.73. The third-order valence-electron chi connectivity index (χ3n) is 2.50. The van der Waals surface area contributed by atoms with Crippen LogP contribution in [0.1, 0.15) is 11.1 Å². The van der Waals surface area contributed by atoms with Crippen molar-refractivity contribution in [3.63, 3.8) is 0 Å². The number of rotatable bonds is 4. The third-order valence-corrected chi connectivity index (χ3v) is 2.50. The maximum absolute atomic E-state index is 12.8. The third kappa shape index (κ3) is 3.85. The molecule has 1 aromatic rings. The quantitative estimate of drug-likeness (QED) is 0.853. The molecule has 0 saturated carbocycles. The van der Waals surface area contributed by atoms with E-state index in [2.05, 4.69) is 4.74 Å². The molecule has 0 aromatic heterocycles. The zero-order valence-electron chi connectivity index (χ0n) is 10.3. The molecule has 0 bridgehead atoms. The number of carbonyl (C=O) groups is 1. The number of aliphatic hydroxyl groups excluding tert-OH is 1. The molecular weight excluding hydrogens is 265 g/mol. The summed E-state index contributed by atoms with van der Waals surface area (Å²) >= 11 is 0. The number of benzene rings is 1. The van der Waals surface area contributed by atoms with Crippen LogP contribution in [0.25, 0.3) is 0 Å². The molecule has 0 aliphatic carbocycles. The lowest BCUT2D eigenvalue weighted by molar-refractivity contribution is -0.151. The zero-order chi connectivity index (χ0) is 14.6. The monoisotopic (exact) mass is 278 g/mol. The molecule has 0 aliphatic heterocycles. The Morgan fingerprint density at radius 1 is 1.37 bits per heavy atom. The van der Waals surface area contributed by atoms with E-state index in [1.165, 1.54) is 7.11 Å². The molecule has 0 saturated heterocycles. The van der Waals surface area contributed by atoms with Crippen LogP contribution in [-0.2, 0) is 22.1 Å². The van der Waals surface area contributed by atoms with Gasteiger partial charge in [0.25, 0.3) is 0 Å². The van der Waals surface area contributed by atoms with Crippen molar-refractivity contribution < 1.29 is 32.5 Å². The summed E-state index contributed by atoms with van der Waals surface area (Å²) in [6.45, 7) is 0. The van der Waals surface area contributed by atoms with Crippen LogP contribution in [-0.4, -0.2) is 31.4 Å². The number of hydrogen-bond donors (Lipinski definition) is 1. The highest BCUT2D eigenvalue weighted by Gasteiger charge is 2.34. The van der Waals surface area contributed by atoms with Crippen molar-refractivity contribution in [1.82, 2.24) is 0 Å². The summed E-state index contributed by atoms with van der Waals surface area (Å²) < 4.78 is 47.4. The van der Waals surface area contributed by atoms with Gasteiger partial charge in [0, 0.05) is 6.42 Å². The largest absolute Gasteiger partial charge is 0.497 e. The van der Waals surface area contributed by atoms with Crippen LogP contribution in [0, 0.1) is 0 Å². The van der Waals surface area contributed by atoms with E-state index in [9.17, 15) is 23.1 Å². The SMILES string of the molecule is COC(=O)C(O)Cc1cc(OC)ccc1C(F)(F)F. The van der Waals surface area contributed by atoms with Crippen molar-refractivity contribution in [3.8, 4) is 5.75 Å².